The Bertz CT molecular complexity index is 415. The highest BCUT2D eigenvalue weighted by atomic mass is 15.2. The van der Waals surface area contributed by atoms with Crippen molar-refractivity contribution in [1.29, 1.82) is 0 Å². The lowest BCUT2D eigenvalue weighted by Gasteiger charge is -2.26. The van der Waals surface area contributed by atoms with Crippen molar-refractivity contribution < 1.29 is 0 Å². The molecule has 0 saturated carbocycles. The van der Waals surface area contributed by atoms with E-state index in [1.807, 2.05) is 6.20 Å². The fraction of sp³-hybridized carbons (Fsp3) is 0.722. The standard InChI is InChI=1S/C18H33N3/c1-7-15(5)13-21(8-2)18-16(6)9-17(12-20-18)11-19-10-14(3)4/h9,12,14-15,19H,7-8,10-11,13H2,1-6H3. The number of rotatable bonds is 9. The molecule has 0 aliphatic carbocycles. The fourth-order valence-electron chi connectivity index (χ4n) is 2.43. The highest BCUT2D eigenvalue weighted by Crippen LogP contribution is 2.19. The topological polar surface area (TPSA) is 28.2 Å². The molecule has 1 N–H and O–H groups in total. The van der Waals surface area contributed by atoms with E-state index < -0.39 is 0 Å². The SMILES string of the molecule is CCC(C)CN(CC)c1ncc(CNCC(C)C)cc1C. The molecule has 0 aliphatic rings. The van der Waals surface area contributed by atoms with Gasteiger partial charge in [0.2, 0.25) is 0 Å². The van der Waals surface area contributed by atoms with Gasteiger partial charge >= 0.3 is 0 Å². The molecule has 0 bridgehead atoms. The van der Waals surface area contributed by atoms with Crippen LogP contribution in [0.3, 0.4) is 0 Å². The van der Waals surface area contributed by atoms with Crippen molar-refractivity contribution in [2.45, 2.75) is 54.5 Å². The largest absolute Gasteiger partial charge is 0.356 e. The number of aromatic nitrogens is 1. The quantitative estimate of drug-likeness (QED) is 0.745. The molecule has 0 spiro atoms. The Kier molecular flexibility index (Phi) is 7.73. The highest BCUT2D eigenvalue weighted by Gasteiger charge is 2.12. The molecule has 0 radical (unpaired) electrons. The summed E-state index contributed by atoms with van der Waals surface area (Å²) in [5, 5.41) is 3.48. The van der Waals surface area contributed by atoms with Gasteiger partial charge in [-0.1, -0.05) is 34.1 Å². The zero-order valence-corrected chi connectivity index (χ0v) is 14.7. The third-order valence-corrected chi connectivity index (χ3v) is 3.90. The van der Waals surface area contributed by atoms with Crippen LogP contribution in [0.15, 0.2) is 12.3 Å². The van der Waals surface area contributed by atoms with E-state index in [2.05, 4.69) is 57.8 Å². The Morgan fingerprint density at radius 3 is 2.48 bits per heavy atom. The summed E-state index contributed by atoms with van der Waals surface area (Å²) in [7, 11) is 0. The minimum atomic E-state index is 0.685. The second kappa shape index (κ2) is 9.04. The fourth-order valence-corrected chi connectivity index (χ4v) is 2.43. The van der Waals surface area contributed by atoms with Gasteiger partial charge in [0.05, 0.1) is 0 Å². The average molecular weight is 291 g/mol. The van der Waals surface area contributed by atoms with E-state index in [9.17, 15) is 0 Å². The molecular formula is C18H33N3. The Balaban J connectivity index is 2.71. The van der Waals surface area contributed by atoms with Crippen molar-refractivity contribution in [1.82, 2.24) is 10.3 Å². The first-order chi connectivity index (χ1) is 9.97. The zero-order valence-electron chi connectivity index (χ0n) is 14.7. The van der Waals surface area contributed by atoms with Crippen LogP contribution in [0.5, 0.6) is 0 Å². The molecule has 1 unspecified atom stereocenters. The number of hydrogen-bond acceptors (Lipinski definition) is 3. The summed E-state index contributed by atoms with van der Waals surface area (Å²) in [6.07, 6.45) is 3.24. The maximum Gasteiger partial charge on any atom is 0.131 e. The number of nitrogens with one attached hydrogen (secondary N) is 1. The third kappa shape index (κ3) is 6.04. The van der Waals surface area contributed by atoms with Crippen LogP contribution in [0, 0.1) is 18.8 Å². The van der Waals surface area contributed by atoms with Crippen molar-refractivity contribution in [3.05, 3.63) is 23.4 Å². The van der Waals surface area contributed by atoms with E-state index in [0.717, 1.165) is 32.0 Å². The van der Waals surface area contributed by atoms with Crippen LogP contribution >= 0.6 is 0 Å². The van der Waals surface area contributed by atoms with Gasteiger partial charge in [-0.3, -0.25) is 0 Å². The van der Waals surface area contributed by atoms with Crippen molar-refractivity contribution >= 4 is 5.82 Å². The Hall–Kier alpha value is -1.09. The number of nitrogens with zero attached hydrogens (tertiary/aromatic N) is 2. The van der Waals surface area contributed by atoms with Crippen LogP contribution in [-0.2, 0) is 6.54 Å². The lowest BCUT2D eigenvalue weighted by Crippen LogP contribution is -2.29. The first-order valence-electron chi connectivity index (χ1n) is 8.39. The molecule has 21 heavy (non-hydrogen) atoms. The maximum absolute atomic E-state index is 4.72. The first kappa shape index (κ1) is 18.0. The Labute approximate surface area is 131 Å². The zero-order chi connectivity index (χ0) is 15.8. The van der Waals surface area contributed by atoms with Crippen LogP contribution in [0.25, 0.3) is 0 Å². The van der Waals surface area contributed by atoms with E-state index in [-0.39, 0.29) is 0 Å². The molecule has 3 heteroatoms. The number of aryl methyl sites for hydroxylation is 1. The smallest absolute Gasteiger partial charge is 0.131 e. The van der Waals surface area contributed by atoms with Gasteiger partial charge in [0.1, 0.15) is 5.82 Å². The normalized spacial score (nSPS) is 12.7. The van der Waals surface area contributed by atoms with Crippen LogP contribution < -0.4 is 10.2 Å². The summed E-state index contributed by atoms with van der Waals surface area (Å²) >= 11 is 0. The first-order valence-corrected chi connectivity index (χ1v) is 8.39. The van der Waals surface area contributed by atoms with Crippen molar-refractivity contribution in [3.63, 3.8) is 0 Å². The summed E-state index contributed by atoms with van der Waals surface area (Å²) in [6, 6.07) is 2.27. The van der Waals surface area contributed by atoms with E-state index in [1.165, 1.54) is 17.5 Å². The van der Waals surface area contributed by atoms with Gasteiger partial charge in [0.25, 0.3) is 0 Å². The maximum atomic E-state index is 4.72. The highest BCUT2D eigenvalue weighted by molar-refractivity contribution is 5.47. The number of pyridine rings is 1. The molecule has 1 heterocycles. The predicted octanol–water partition coefficient (Wildman–Crippen LogP) is 4.01. The molecule has 0 saturated heterocycles. The van der Waals surface area contributed by atoms with E-state index in [1.54, 1.807) is 0 Å². The molecule has 1 aromatic heterocycles. The van der Waals surface area contributed by atoms with Gasteiger partial charge in [0, 0.05) is 25.8 Å². The summed E-state index contributed by atoms with van der Waals surface area (Å²) in [5.74, 6) is 2.54. The van der Waals surface area contributed by atoms with Gasteiger partial charge in [-0.25, -0.2) is 4.98 Å². The molecule has 120 valence electrons. The second-order valence-corrected chi connectivity index (χ2v) is 6.56. The second-order valence-electron chi connectivity index (χ2n) is 6.56. The molecule has 1 aromatic rings. The van der Waals surface area contributed by atoms with Crippen LogP contribution in [0.4, 0.5) is 5.82 Å². The van der Waals surface area contributed by atoms with Crippen molar-refractivity contribution in [3.8, 4) is 0 Å². The predicted molar refractivity (Wildman–Crippen MR) is 92.9 cm³/mol. The van der Waals surface area contributed by atoms with Gasteiger partial charge in [-0.15, -0.1) is 0 Å². The van der Waals surface area contributed by atoms with Gasteiger partial charge in [0.15, 0.2) is 0 Å². The van der Waals surface area contributed by atoms with Gasteiger partial charge in [-0.05, 0) is 49.4 Å². The third-order valence-electron chi connectivity index (χ3n) is 3.90. The molecule has 0 aromatic carbocycles. The Morgan fingerprint density at radius 1 is 1.24 bits per heavy atom. The van der Waals surface area contributed by atoms with Crippen LogP contribution in [0.1, 0.15) is 52.2 Å². The van der Waals surface area contributed by atoms with Crippen LogP contribution in [0.2, 0.25) is 0 Å². The van der Waals surface area contributed by atoms with E-state index in [4.69, 9.17) is 4.98 Å². The summed E-state index contributed by atoms with van der Waals surface area (Å²) < 4.78 is 0. The Morgan fingerprint density at radius 2 is 1.95 bits per heavy atom. The summed E-state index contributed by atoms with van der Waals surface area (Å²) in [6.45, 7) is 17.5. The minimum absolute atomic E-state index is 0.685. The van der Waals surface area contributed by atoms with Crippen LogP contribution in [-0.4, -0.2) is 24.6 Å². The molecule has 1 atom stereocenters. The molecule has 0 aliphatic heterocycles. The van der Waals surface area contributed by atoms with Gasteiger partial charge in [-0.2, -0.15) is 0 Å². The summed E-state index contributed by atoms with van der Waals surface area (Å²) in [5.41, 5.74) is 2.56. The van der Waals surface area contributed by atoms with E-state index in [0.29, 0.717) is 11.8 Å². The molecule has 0 fully saturated rings. The molecular weight excluding hydrogens is 258 g/mol. The monoisotopic (exact) mass is 291 g/mol. The lowest BCUT2D eigenvalue weighted by molar-refractivity contribution is 0.543. The summed E-state index contributed by atoms with van der Waals surface area (Å²) in [4.78, 5) is 7.12. The minimum Gasteiger partial charge on any atom is -0.356 e. The molecule has 0 amide bonds. The molecule has 1 rings (SSSR count). The van der Waals surface area contributed by atoms with E-state index >= 15 is 0 Å². The average Bonchev–Trinajstić information content (AvgIpc) is 2.44. The van der Waals surface area contributed by atoms with Gasteiger partial charge < -0.3 is 10.2 Å². The molecule has 3 nitrogen and oxygen atoms in total. The van der Waals surface area contributed by atoms with Crippen molar-refractivity contribution in [2.24, 2.45) is 11.8 Å². The van der Waals surface area contributed by atoms with Crippen molar-refractivity contribution in [2.75, 3.05) is 24.5 Å². The lowest BCUT2D eigenvalue weighted by atomic mass is 10.1. The number of hydrogen-bond donors (Lipinski definition) is 1. The number of anilines is 1.